The molecule has 1 unspecified atom stereocenters. The van der Waals surface area contributed by atoms with Crippen LogP contribution in [0.5, 0.6) is 0 Å². The molecule has 0 saturated carbocycles. The lowest BCUT2D eigenvalue weighted by molar-refractivity contribution is -0.187. The summed E-state index contributed by atoms with van der Waals surface area (Å²) in [7, 11) is 7.88. The molecule has 1 aromatic rings. The number of anilines is 1. The van der Waals surface area contributed by atoms with E-state index < -0.39 is 65.4 Å². The molecule has 4 heterocycles. The van der Waals surface area contributed by atoms with Gasteiger partial charge in [-0.1, -0.05) is 70.0 Å². The molecular formula is C52H75ClN4O13S3. The molecule has 4 aliphatic rings. The number of nitrogens with zero attached hydrogens (tertiary/aromatic N) is 3. The number of rotatable bonds is 20. The highest BCUT2D eigenvalue weighted by Crippen LogP contribution is 2.50. The number of hydrogen-bond acceptors (Lipinski definition) is 16. The molecular weight excluding hydrogens is 1020 g/mol. The maximum atomic E-state index is 14.3. The van der Waals surface area contributed by atoms with Gasteiger partial charge in [-0.05, 0) is 84.3 Å². The average molecular weight is 1100 g/mol. The Labute approximate surface area is 447 Å². The molecule has 0 spiro atoms. The number of carbonyl (C=O) groups excluding carboxylic acids is 7. The van der Waals surface area contributed by atoms with E-state index in [0.717, 1.165) is 16.7 Å². The third-order valence-electron chi connectivity index (χ3n) is 14.1. The van der Waals surface area contributed by atoms with Gasteiger partial charge in [-0.2, -0.15) is 11.8 Å². The van der Waals surface area contributed by atoms with Crippen molar-refractivity contribution < 1.29 is 62.4 Å². The summed E-state index contributed by atoms with van der Waals surface area (Å²) in [6.45, 7) is 14.0. The van der Waals surface area contributed by atoms with Gasteiger partial charge in [-0.3, -0.25) is 33.7 Å². The van der Waals surface area contributed by atoms with Crippen LogP contribution in [-0.2, 0) is 63.7 Å². The van der Waals surface area contributed by atoms with Gasteiger partial charge < -0.3 is 43.9 Å². The third-order valence-corrected chi connectivity index (χ3v) is 19.0. The molecule has 5 rings (SSSR count). The van der Waals surface area contributed by atoms with E-state index in [4.69, 9.17) is 35.3 Å². The van der Waals surface area contributed by atoms with Crippen LogP contribution in [0, 0.1) is 12.8 Å². The van der Waals surface area contributed by atoms with Crippen LogP contribution in [0.4, 0.5) is 5.69 Å². The van der Waals surface area contributed by atoms with Crippen molar-refractivity contribution in [3.8, 4) is 0 Å². The van der Waals surface area contributed by atoms with Crippen molar-refractivity contribution in [1.82, 2.24) is 15.1 Å². The Balaban J connectivity index is 1.15. The van der Waals surface area contributed by atoms with Gasteiger partial charge in [0.05, 0.1) is 54.7 Å². The number of methoxy groups -OCH3 is 1. The number of carbonyl (C=O) groups is 7. The van der Waals surface area contributed by atoms with Crippen LogP contribution in [-0.4, -0.2) is 168 Å². The van der Waals surface area contributed by atoms with Crippen molar-refractivity contribution in [1.29, 1.82) is 0 Å². The number of halogens is 1. The maximum absolute atomic E-state index is 14.3. The molecule has 0 aromatic heterocycles. The van der Waals surface area contributed by atoms with Gasteiger partial charge in [0.2, 0.25) is 29.5 Å². The minimum absolute atomic E-state index is 0.0449. The number of allylic oxidation sites excluding steroid dienone is 3. The summed E-state index contributed by atoms with van der Waals surface area (Å²) in [5, 5.41) is 14.9. The number of thioether (sulfide) groups is 1. The zero-order chi connectivity index (χ0) is 54.0. The zero-order valence-electron chi connectivity index (χ0n) is 44.1. The number of likely N-dealkylation sites (N-methyl/N-ethyl adjacent to an activating group) is 1. The van der Waals surface area contributed by atoms with Crippen LogP contribution >= 0.6 is 45.0 Å². The van der Waals surface area contributed by atoms with E-state index in [-0.39, 0.29) is 85.5 Å². The second-order valence-electron chi connectivity index (χ2n) is 20.4. The quantitative estimate of drug-likeness (QED) is 0.0475. The lowest BCUT2D eigenvalue weighted by Gasteiger charge is -2.41. The normalized spacial score (nSPS) is 28.4. The molecule has 73 heavy (non-hydrogen) atoms. The number of epoxide rings is 1. The first-order valence-electron chi connectivity index (χ1n) is 24.8. The van der Waals surface area contributed by atoms with Gasteiger partial charge in [-0.25, -0.2) is 4.79 Å². The minimum Gasteiger partial charge on any atom is -0.462 e. The molecule has 17 nitrogen and oxygen atoms in total. The summed E-state index contributed by atoms with van der Waals surface area (Å²) >= 11 is 8.21. The second-order valence-corrected chi connectivity index (χ2v) is 24.9. The van der Waals surface area contributed by atoms with E-state index in [0.29, 0.717) is 48.7 Å². The number of esters is 2. The molecule has 4 aliphatic heterocycles. The standard InChI is InChI=1S/C52H75ClN4O13S3/c1-31-14-12-15-39(66-10)52(65)29-37(68-45(62)30-52)33(3)47-51(7,70-47)40(28-43(60)56(9)36-26-35(24-31)25-32(2)46(36)53)69-49(64)34(4)55(8)42(59)17-18-50(5,6)73-72-23-13-16-41(58)54-19-21-67-22-20-57-44(61)27-38(71-11)48(57)63/h12,14-15,25-26,33-34,37-40,47,65H,13,16-24,27-30H2,1-11H3,(H,54,58)/b15-12+,31-14+/t33-,34+,37+,38?,39-,40+,47+,51+,52-/m1/s1. The van der Waals surface area contributed by atoms with Gasteiger partial charge in [0.1, 0.15) is 35.6 Å². The zero-order valence-corrected chi connectivity index (χ0v) is 47.3. The van der Waals surface area contributed by atoms with Crippen molar-refractivity contribution in [2.24, 2.45) is 5.92 Å². The summed E-state index contributed by atoms with van der Waals surface area (Å²) in [5.41, 5.74) is 0.319. The van der Waals surface area contributed by atoms with Crippen molar-refractivity contribution >= 4 is 92.1 Å². The number of likely N-dealkylation sites (tertiary alicyclic amines) is 1. The smallest absolute Gasteiger partial charge is 0.328 e. The predicted octanol–water partition coefficient (Wildman–Crippen LogP) is 6.41. The van der Waals surface area contributed by atoms with Gasteiger partial charge in [0.25, 0.3) is 0 Å². The lowest BCUT2D eigenvalue weighted by Crippen LogP contribution is -2.53. The Kier molecular flexibility index (Phi) is 21.8. The number of aryl methyl sites for hydroxylation is 1. The van der Waals surface area contributed by atoms with Crippen LogP contribution in [0.1, 0.15) is 104 Å². The first kappa shape index (κ1) is 60.2. The number of imide groups is 1. The molecule has 21 heteroatoms. The van der Waals surface area contributed by atoms with Crippen LogP contribution in [0.15, 0.2) is 35.9 Å². The van der Waals surface area contributed by atoms with E-state index in [1.54, 1.807) is 61.7 Å². The number of aliphatic hydroxyl groups is 1. The highest BCUT2D eigenvalue weighted by molar-refractivity contribution is 8.77. The summed E-state index contributed by atoms with van der Waals surface area (Å²) in [5.74, 6) is -2.27. The van der Waals surface area contributed by atoms with Crippen molar-refractivity contribution in [2.45, 2.75) is 158 Å². The monoisotopic (exact) mass is 1090 g/mol. The summed E-state index contributed by atoms with van der Waals surface area (Å²) in [4.78, 5) is 95.9. The van der Waals surface area contributed by atoms with Crippen molar-refractivity contribution in [3.63, 3.8) is 0 Å². The van der Waals surface area contributed by atoms with E-state index in [9.17, 15) is 38.7 Å². The Hall–Kier alpha value is -3.63. The number of ether oxygens (including phenoxy) is 5. The summed E-state index contributed by atoms with van der Waals surface area (Å²) in [6, 6.07) is 2.78. The second kappa shape index (κ2) is 26.4. The fourth-order valence-corrected chi connectivity index (χ4v) is 12.8. The van der Waals surface area contributed by atoms with Gasteiger partial charge in [0, 0.05) is 69.9 Å². The van der Waals surface area contributed by atoms with Crippen molar-refractivity contribution in [3.05, 3.63) is 52.1 Å². The molecule has 9 atom stereocenters. The molecule has 2 N–H and O–H groups in total. The largest absolute Gasteiger partial charge is 0.462 e. The Morgan fingerprint density at radius 1 is 1.10 bits per heavy atom. The van der Waals surface area contributed by atoms with E-state index in [1.165, 1.54) is 33.6 Å². The number of nitrogens with one attached hydrogen (secondary N) is 1. The van der Waals surface area contributed by atoms with Gasteiger partial charge >= 0.3 is 11.9 Å². The maximum Gasteiger partial charge on any atom is 0.328 e. The summed E-state index contributed by atoms with van der Waals surface area (Å²) in [6.07, 6.45) is 5.63. The number of hydrogen-bond donors (Lipinski definition) is 2. The topological polar surface area (TPSA) is 211 Å². The highest BCUT2D eigenvalue weighted by atomic mass is 35.5. The average Bonchev–Trinajstić information content (AvgIpc) is 3.95. The Morgan fingerprint density at radius 2 is 1.82 bits per heavy atom. The first-order chi connectivity index (χ1) is 34.3. The number of benzene rings is 1. The molecule has 3 fully saturated rings. The molecule has 5 amide bonds. The number of amides is 5. The van der Waals surface area contributed by atoms with Crippen LogP contribution in [0.3, 0.4) is 0 Å². The predicted molar refractivity (Wildman–Crippen MR) is 285 cm³/mol. The molecule has 4 bridgehead atoms. The molecule has 0 aliphatic carbocycles. The SMILES string of the molecule is CO[C@@H]1/C=C/C=C(\C)Cc2cc(C)c(Cl)c(c2)N(C)C(=O)C[C@H](OC(=O)[C@H](C)N(C)C(=O)CCC(C)(C)SSCCCC(=O)NCCOCCN2C(=O)CC(SC)C2=O)[C@]2(C)O[C@H]2[C@H](C)[C@@H]2C[C@@]1(O)CC(=O)O2. The number of fused-ring (bicyclic) bond motifs is 5. The summed E-state index contributed by atoms with van der Waals surface area (Å²) < 4.78 is 29.3. The van der Waals surface area contributed by atoms with E-state index >= 15 is 0 Å². The lowest BCUT2D eigenvalue weighted by atomic mass is 9.78. The fraction of sp³-hybridized carbons (Fsp3) is 0.673. The Morgan fingerprint density at radius 3 is 2.51 bits per heavy atom. The van der Waals surface area contributed by atoms with Crippen LogP contribution in [0.25, 0.3) is 0 Å². The Bertz CT molecular complexity index is 2270. The van der Waals surface area contributed by atoms with Gasteiger partial charge in [-0.15, -0.1) is 0 Å². The molecule has 406 valence electrons. The van der Waals surface area contributed by atoms with Crippen LogP contribution in [0.2, 0.25) is 5.02 Å². The first-order valence-corrected chi connectivity index (χ1v) is 28.8. The van der Waals surface area contributed by atoms with Gasteiger partial charge in [0.15, 0.2) is 0 Å². The third kappa shape index (κ3) is 16.0. The molecule has 3 saturated heterocycles. The van der Waals surface area contributed by atoms with E-state index in [2.05, 4.69) is 5.32 Å². The minimum atomic E-state index is -1.59. The van der Waals surface area contributed by atoms with Crippen LogP contribution < -0.4 is 10.2 Å². The fourth-order valence-electron chi connectivity index (χ4n) is 9.31. The van der Waals surface area contributed by atoms with Crippen molar-refractivity contribution in [2.75, 3.05) is 64.4 Å². The highest BCUT2D eigenvalue weighted by Gasteiger charge is 2.64. The molecule has 1 aromatic carbocycles. The molecule has 0 radical (unpaired) electrons. The van der Waals surface area contributed by atoms with E-state index in [1.807, 2.05) is 59.1 Å².